The molecule has 1 heterocycles. The molecule has 2 rings (SSSR count). The van der Waals surface area contributed by atoms with E-state index in [4.69, 9.17) is 5.73 Å². The van der Waals surface area contributed by atoms with E-state index in [-0.39, 0.29) is 16.1 Å². The van der Waals surface area contributed by atoms with E-state index in [0.29, 0.717) is 16.9 Å². The van der Waals surface area contributed by atoms with Gasteiger partial charge in [0.2, 0.25) is 0 Å². The molecule has 0 atom stereocenters. The van der Waals surface area contributed by atoms with Crippen LogP contribution in [0.1, 0.15) is 16.8 Å². The summed E-state index contributed by atoms with van der Waals surface area (Å²) in [6, 6.07) is 1.12. The SMILES string of the molecule is Cc1cc(F)c(N)c(C)c1S(=O)(=O)Nc1cn(C)nc1C. The molecule has 0 spiro atoms. The fourth-order valence-corrected chi connectivity index (χ4v) is 3.83. The quantitative estimate of drug-likeness (QED) is 0.847. The van der Waals surface area contributed by atoms with Gasteiger partial charge in [-0.1, -0.05) is 0 Å². The first-order chi connectivity index (χ1) is 9.63. The highest BCUT2D eigenvalue weighted by Crippen LogP contribution is 2.29. The first-order valence-electron chi connectivity index (χ1n) is 6.21. The zero-order valence-corrected chi connectivity index (χ0v) is 13.0. The summed E-state index contributed by atoms with van der Waals surface area (Å²) < 4.78 is 42.6. The number of sulfonamides is 1. The van der Waals surface area contributed by atoms with Crippen molar-refractivity contribution in [2.24, 2.45) is 7.05 Å². The summed E-state index contributed by atoms with van der Waals surface area (Å²) >= 11 is 0. The zero-order valence-electron chi connectivity index (χ0n) is 12.2. The Morgan fingerprint density at radius 3 is 2.48 bits per heavy atom. The molecule has 0 aliphatic carbocycles. The van der Waals surface area contributed by atoms with Crippen LogP contribution in [0.25, 0.3) is 0 Å². The van der Waals surface area contributed by atoms with Crippen LogP contribution in [-0.2, 0) is 17.1 Å². The fraction of sp³-hybridized carbons (Fsp3) is 0.308. The van der Waals surface area contributed by atoms with Crippen LogP contribution in [0, 0.1) is 26.6 Å². The van der Waals surface area contributed by atoms with Crippen LogP contribution in [0.5, 0.6) is 0 Å². The molecule has 0 aliphatic heterocycles. The second kappa shape index (κ2) is 5.03. The molecule has 0 radical (unpaired) electrons. The number of nitrogens with zero attached hydrogens (tertiary/aromatic N) is 2. The lowest BCUT2D eigenvalue weighted by Gasteiger charge is -2.14. The third kappa shape index (κ3) is 2.71. The van der Waals surface area contributed by atoms with E-state index in [1.165, 1.54) is 18.5 Å². The largest absolute Gasteiger partial charge is 0.396 e. The van der Waals surface area contributed by atoms with Crippen LogP contribution in [0.3, 0.4) is 0 Å². The minimum atomic E-state index is -3.87. The van der Waals surface area contributed by atoms with E-state index in [0.717, 1.165) is 6.07 Å². The number of halogens is 1. The number of benzene rings is 1. The van der Waals surface area contributed by atoms with Crippen molar-refractivity contribution in [2.45, 2.75) is 25.7 Å². The number of anilines is 2. The number of nitrogens with two attached hydrogens (primary N) is 1. The van der Waals surface area contributed by atoms with Crippen molar-refractivity contribution >= 4 is 21.4 Å². The van der Waals surface area contributed by atoms with Crippen LogP contribution in [0.4, 0.5) is 15.8 Å². The van der Waals surface area contributed by atoms with Crippen LogP contribution >= 0.6 is 0 Å². The molecule has 0 fully saturated rings. The molecule has 0 saturated heterocycles. The van der Waals surface area contributed by atoms with Gasteiger partial charge in [0.05, 0.1) is 22.0 Å². The van der Waals surface area contributed by atoms with Crippen molar-refractivity contribution in [3.05, 3.63) is 34.9 Å². The molecular weight excluding hydrogens is 295 g/mol. The predicted molar refractivity (Wildman–Crippen MR) is 79.0 cm³/mol. The molecule has 1 aromatic heterocycles. The van der Waals surface area contributed by atoms with Gasteiger partial charge in [0.1, 0.15) is 5.82 Å². The molecule has 3 N–H and O–H groups in total. The molecule has 0 amide bonds. The van der Waals surface area contributed by atoms with Gasteiger partial charge in [-0.25, -0.2) is 12.8 Å². The summed E-state index contributed by atoms with van der Waals surface area (Å²) in [5.74, 6) is -0.624. The second-order valence-electron chi connectivity index (χ2n) is 4.95. The molecule has 0 bridgehead atoms. The molecule has 114 valence electrons. The Balaban J connectivity index is 2.55. The molecule has 0 saturated carbocycles. The van der Waals surface area contributed by atoms with Crippen LogP contribution in [-0.4, -0.2) is 18.2 Å². The average molecular weight is 312 g/mol. The van der Waals surface area contributed by atoms with Crippen molar-refractivity contribution in [1.29, 1.82) is 0 Å². The maximum absolute atomic E-state index is 13.5. The van der Waals surface area contributed by atoms with Gasteiger partial charge < -0.3 is 5.73 Å². The minimum Gasteiger partial charge on any atom is -0.396 e. The smallest absolute Gasteiger partial charge is 0.262 e. The Bertz CT molecular complexity index is 812. The first-order valence-corrected chi connectivity index (χ1v) is 7.70. The Labute approximate surface area is 122 Å². The molecule has 2 aromatic rings. The number of hydrogen-bond donors (Lipinski definition) is 2. The molecular formula is C13H17FN4O2S. The van der Waals surface area contributed by atoms with Crippen molar-refractivity contribution in [3.8, 4) is 0 Å². The van der Waals surface area contributed by atoms with Gasteiger partial charge in [0.15, 0.2) is 0 Å². The Hall–Kier alpha value is -2.09. The summed E-state index contributed by atoms with van der Waals surface area (Å²) in [7, 11) is -2.18. The molecule has 6 nitrogen and oxygen atoms in total. The highest BCUT2D eigenvalue weighted by atomic mass is 32.2. The molecule has 8 heteroatoms. The number of nitrogen functional groups attached to an aromatic ring is 1. The van der Waals surface area contributed by atoms with Crippen LogP contribution in [0.15, 0.2) is 17.2 Å². The van der Waals surface area contributed by atoms with Gasteiger partial charge >= 0.3 is 0 Å². The van der Waals surface area contributed by atoms with E-state index in [2.05, 4.69) is 9.82 Å². The third-order valence-corrected chi connectivity index (χ3v) is 4.88. The summed E-state index contributed by atoms with van der Waals surface area (Å²) in [5, 5.41) is 4.07. The van der Waals surface area contributed by atoms with Gasteiger partial charge in [0.25, 0.3) is 10.0 Å². The molecule has 1 aromatic carbocycles. The first kappa shape index (κ1) is 15.3. The average Bonchev–Trinajstić information content (AvgIpc) is 2.63. The minimum absolute atomic E-state index is 0.00958. The highest BCUT2D eigenvalue weighted by molar-refractivity contribution is 7.92. The Morgan fingerprint density at radius 2 is 1.95 bits per heavy atom. The molecule has 0 aliphatic rings. The Morgan fingerprint density at radius 1 is 1.33 bits per heavy atom. The molecule has 21 heavy (non-hydrogen) atoms. The highest BCUT2D eigenvalue weighted by Gasteiger charge is 2.24. The lowest BCUT2D eigenvalue weighted by molar-refractivity contribution is 0.598. The zero-order chi connectivity index (χ0) is 15.9. The van der Waals surface area contributed by atoms with E-state index in [1.807, 2.05) is 0 Å². The number of hydrogen-bond acceptors (Lipinski definition) is 4. The van der Waals surface area contributed by atoms with Gasteiger partial charge in [-0.05, 0) is 38.0 Å². The molecule has 0 unspecified atom stereocenters. The van der Waals surface area contributed by atoms with Gasteiger partial charge in [-0.3, -0.25) is 9.40 Å². The van der Waals surface area contributed by atoms with E-state index < -0.39 is 15.8 Å². The summed E-state index contributed by atoms with van der Waals surface area (Å²) in [5.41, 5.74) is 6.85. The van der Waals surface area contributed by atoms with Crippen LogP contribution < -0.4 is 10.5 Å². The van der Waals surface area contributed by atoms with Crippen molar-refractivity contribution in [3.63, 3.8) is 0 Å². The fourth-order valence-electron chi connectivity index (χ4n) is 2.24. The second-order valence-corrected chi connectivity index (χ2v) is 6.57. The van der Waals surface area contributed by atoms with Crippen molar-refractivity contribution in [2.75, 3.05) is 10.5 Å². The predicted octanol–water partition coefficient (Wildman–Crippen LogP) is 1.87. The van der Waals surface area contributed by atoms with Crippen molar-refractivity contribution in [1.82, 2.24) is 9.78 Å². The monoisotopic (exact) mass is 312 g/mol. The number of aryl methyl sites for hydroxylation is 3. The summed E-state index contributed by atoms with van der Waals surface area (Å²) in [6.07, 6.45) is 1.56. The lowest BCUT2D eigenvalue weighted by Crippen LogP contribution is -2.17. The number of rotatable bonds is 3. The summed E-state index contributed by atoms with van der Waals surface area (Å²) in [6.45, 7) is 4.70. The standard InChI is InChI=1S/C13H17FN4O2S/c1-7-5-10(14)12(15)8(2)13(7)21(19,20)17-11-6-18(4)16-9(11)3/h5-6,17H,15H2,1-4H3. The maximum Gasteiger partial charge on any atom is 0.262 e. The van der Waals surface area contributed by atoms with Crippen LogP contribution in [0.2, 0.25) is 0 Å². The number of nitrogens with one attached hydrogen (secondary N) is 1. The topological polar surface area (TPSA) is 90.0 Å². The van der Waals surface area contributed by atoms with Gasteiger partial charge in [0, 0.05) is 13.2 Å². The van der Waals surface area contributed by atoms with Gasteiger partial charge in [-0.15, -0.1) is 0 Å². The van der Waals surface area contributed by atoms with E-state index in [9.17, 15) is 12.8 Å². The third-order valence-electron chi connectivity index (χ3n) is 3.23. The number of aromatic nitrogens is 2. The normalized spacial score (nSPS) is 11.7. The lowest BCUT2D eigenvalue weighted by atomic mass is 10.1. The summed E-state index contributed by atoms with van der Waals surface area (Å²) in [4.78, 5) is -0.00958. The van der Waals surface area contributed by atoms with E-state index >= 15 is 0 Å². The Kier molecular flexibility index (Phi) is 3.66. The van der Waals surface area contributed by atoms with Gasteiger partial charge in [-0.2, -0.15) is 5.10 Å². The maximum atomic E-state index is 13.5. The van der Waals surface area contributed by atoms with E-state index in [1.54, 1.807) is 20.2 Å². The van der Waals surface area contributed by atoms with Crippen molar-refractivity contribution < 1.29 is 12.8 Å².